The molecule has 2 N–H and O–H groups in total. The highest BCUT2D eigenvalue weighted by Crippen LogP contribution is 2.29. The number of methoxy groups -OCH3 is 1. The Bertz CT molecular complexity index is 534. The van der Waals surface area contributed by atoms with Crippen molar-refractivity contribution >= 4 is 0 Å². The summed E-state index contributed by atoms with van der Waals surface area (Å²) >= 11 is 0. The van der Waals surface area contributed by atoms with Crippen LogP contribution in [0.4, 0.5) is 0 Å². The number of benzene rings is 1. The molecule has 1 aromatic heterocycles. The van der Waals surface area contributed by atoms with E-state index in [2.05, 4.69) is 18.1 Å². The van der Waals surface area contributed by atoms with Crippen molar-refractivity contribution in [2.75, 3.05) is 7.11 Å². The Kier molecular flexibility index (Phi) is 3.67. The summed E-state index contributed by atoms with van der Waals surface area (Å²) < 4.78 is 7.29. The van der Waals surface area contributed by atoms with Gasteiger partial charge in [0.05, 0.1) is 18.8 Å². The number of aryl methyl sites for hydroxylation is 2. The standard InChI is InChI=1S/C14H19N3O/c1-4-17-12(7-8-16-17)14(15)11-9-10(2)5-6-13(11)18-3/h5-9,14H,4,15H2,1-3H3. The van der Waals surface area contributed by atoms with Crippen LogP contribution in [0.15, 0.2) is 30.5 Å². The first-order valence-corrected chi connectivity index (χ1v) is 6.09. The molecule has 0 aliphatic rings. The zero-order chi connectivity index (χ0) is 13.1. The van der Waals surface area contributed by atoms with Gasteiger partial charge in [0.25, 0.3) is 0 Å². The molecule has 4 heteroatoms. The summed E-state index contributed by atoms with van der Waals surface area (Å²) in [6, 6.07) is 7.78. The zero-order valence-corrected chi connectivity index (χ0v) is 11.1. The minimum atomic E-state index is -0.220. The number of nitrogens with zero attached hydrogens (tertiary/aromatic N) is 2. The van der Waals surface area contributed by atoms with Crippen LogP contribution in [0.5, 0.6) is 5.75 Å². The highest BCUT2D eigenvalue weighted by Gasteiger charge is 2.17. The van der Waals surface area contributed by atoms with E-state index < -0.39 is 0 Å². The Labute approximate surface area is 107 Å². The van der Waals surface area contributed by atoms with Gasteiger partial charge in [-0.05, 0) is 26.0 Å². The Morgan fingerprint density at radius 2 is 2.17 bits per heavy atom. The van der Waals surface area contributed by atoms with E-state index >= 15 is 0 Å². The van der Waals surface area contributed by atoms with E-state index in [1.54, 1.807) is 13.3 Å². The lowest BCUT2D eigenvalue weighted by atomic mass is 10.0. The lowest BCUT2D eigenvalue weighted by Crippen LogP contribution is -2.18. The van der Waals surface area contributed by atoms with Crippen LogP contribution in [0.1, 0.15) is 29.8 Å². The summed E-state index contributed by atoms with van der Waals surface area (Å²) in [6.45, 7) is 4.91. The number of hydrogen-bond acceptors (Lipinski definition) is 3. The highest BCUT2D eigenvalue weighted by molar-refractivity contribution is 5.42. The first kappa shape index (κ1) is 12.6. The maximum absolute atomic E-state index is 6.34. The summed E-state index contributed by atoms with van der Waals surface area (Å²) in [6.07, 6.45) is 1.78. The van der Waals surface area contributed by atoms with Crippen LogP contribution in [0, 0.1) is 6.92 Å². The molecule has 0 radical (unpaired) electrons. The summed E-state index contributed by atoms with van der Waals surface area (Å²) in [4.78, 5) is 0. The fourth-order valence-corrected chi connectivity index (χ4v) is 2.13. The van der Waals surface area contributed by atoms with Crippen LogP contribution in [0.3, 0.4) is 0 Å². The van der Waals surface area contributed by atoms with Crippen LogP contribution in [0.25, 0.3) is 0 Å². The summed E-state index contributed by atoms with van der Waals surface area (Å²) in [7, 11) is 1.66. The largest absolute Gasteiger partial charge is 0.496 e. The third-order valence-corrected chi connectivity index (χ3v) is 3.09. The molecule has 0 bridgehead atoms. The normalized spacial score (nSPS) is 12.4. The molecule has 96 valence electrons. The molecule has 1 atom stereocenters. The predicted octanol–water partition coefficient (Wildman–Crippen LogP) is 2.27. The van der Waals surface area contributed by atoms with E-state index in [4.69, 9.17) is 10.5 Å². The molecular formula is C14H19N3O. The third-order valence-electron chi connectivity index (χ3n) is 3.09. The van der Waals surface area contributed by atoms with Gasteiger partial charge in [-0.15, -0.1) is 0 Å². The average molecular weight is 245 g/mol. The number of nitrogens with two attached hydrogens (primary N) is 1. The SMILES string of the molecule is CCn1nccc1C(N)c1cc(C)ccc1OC. The van der Waals surface area contributed by atoms with Crippen molar-refractivity contribution in [3.8, 4) is 5.75 Å². The van der Waals surface area contributed by atoms with Crippen LogP contribution < -0.4 is 10.5 Å². The van der Waals surface area contributed by atoms with E-state index in [1.807, 2.05) is 29.8 Å². The van der Waals surface area contributed by atoms with Crippen molar-refractivity contribution in [3.63, 3.8) is 0 Å². The Morgan fingerprint density at radius 1 is 1.39 bits per heavy atom. The average Bonchev–Trinajstić information content (AvgIpc) is 2.86. The minimum absolute atomic E-state index is 0.220. The molecule has 4 nitrogen and oxygen atoms in total. The van der Waals surface area contributed by atoms with Gasteiger partial charge in [0.15, 0.2) is 0 Å². The van der Waals surface area contributed by atoms with E-state index in [1.165, 1.54) is 5.56 Å². The van der Waals surface area contributed by atoms with Crippen molar-refractivity contribution in [1.29, 1.82) is 0 Å². The fourth-order valence-electron chi connectivity index (χ4n) is 2.13. The fraction of sp³-hybridized carbons (Fsp3) is 0.357. The summed E-state index contributed by atoms with van der Waals surface area (Å²) in [5.74, 6) is 0.817. The van der Waals surface area contributed by atoms with E-state index in [0.29, 0.717) is 0 Å². The topological polar surface area (TPSA) is 53.1 Å². The Morgan fingerprint density at radius 3 is 2.83 bits per heavy atom. The summed E-state index contributed by atoms with van der Waals surface area (Å²) in [5.41, 5.74) is 9.51. The zero-order valence-electron chi connectivity index (χ0n) is 11.1. The molecular weight excluding hydrogens is 226 g/mol. The van der Waals surface area contributed by atoms with Crippen LogP contribution in [-0.2, 0) is 6.54 Å². The molecule has 0 fully saturated rings. The molecule has 0 saturated heterocycles. The van der Waals surface area contributed by atoms with Gasteiger partial charge in [0.1, 0.15) is 5.75 Å². The second kappa shape index (κ2) is 5.23. The van der Waals surface area contributed by atoms with Gasteiger partial charge in [-0.3, -0.25) is 4.68 Å². The molecule has 1 heterocycles. The lowest BCUT2D eigenvalue weighted by molar-refractivity contribution is 0.406. The van der Waals surface area contributed by atoms with Gasteiger partial charge in [-0.1, -0.05) is 17.7 Å². The van der Waals surface area contributed by atoms with Crippen molar-refractivity contribution in [3.05, 3.63) is 47.3 Å². The van der Waals surface area contributed by atoms with Gasteiger partial charge in [0.2, 0.25) is 0 Å². The molecule has 0 spiro atoms. The first-order valence-electron chi connectivity index (χ1n) is 6.09. The Hall–Kier alpha value is -1.81. The van der Waals surface area contributed by atoms with Crippen molar-refractivity contribution < 1.29 is 4.74 Å². The van der Waals surface area contributed by atoms with Gasteiger partial charge in [-0.25, -0.2) is 0 Å². The maximum Gasteiger partial charge on any atom is 0.124 e. The molecule has 1 unspecified atom stereocenters. The lowest BCUT2D eigenvalue weighted by Gasteiger charge is -2.17. The molecule has 0 aliphatic heterocycles. The van der Waals surface area contributed by atoms with Gasteiger partial charge >= 0.3 is 0 Å². The molecule has 1 aromatic carbocycles. The van der Waals surface area contributed by atoms with Gasteiger partial charge in [-0.2, -0.15) is 5.10 Å². The van der Waals surface area contributed by atoms with E-state index in [-0.39, 0.29) is 6.04 Å². The van der Waals surface area contributed by atoms with Crippen LogP contribution in [-0.4, -0.2) is 16.9 Å². The monoisotopic (exact) mass is 245 g/mol. The quantitative estimate of drug-likeness (QED) is 0.899. The van der Waals surface area contributed by atoms with Crippen molar-refractivity contribution in [2.45, 2.75) is 26.4 Å². The van der Waals surface area contributed by atoms with Crippen LogP contribution in [0.2, 0.25) is 0 Å². The predicted molar refractivity (Wildman–Crippen MR) is 71.7 cm³/mol. The number of rotatable bonds is 4. The second-order valence-electron chi connectivity index (χ2n) is 4.29. The molecule has 2 aromatic rings. The van der Waals surface area contributed by atoms with E-state index in [0.717, 1.165) is 23.6 Å². The number of ether oxygens (including phenoxy) is 1. The molecule has 0 amide bonds. The Balaban J connectivity index is 2.45. The van der Waals surface area contributed by atoms with E-state index in [9.17, 15) is 0 Å². The van der Waals surface area contributed by atoms with Gasteiger partial charge < -0.3 is 10.5 Å². The first-order chi connectivity index (χ1) is 8.67. The molecule has 0 saturated carbocycles. The maximum atomic E-state index is 6.34. The number of aromatic nitrogens is 2. The second-order valence-corrected chi connectivity index (χ2v) is 4.29. The highest BCUT2D eigenvalue weighted by atomic mass is 16.5. The van der Waals surface area contributed by atoms with Crippen molar-refractivity contribution in [2.24, 2.45) is 5.73 Å². The minimum Gasteiger partial charge on any atom is -0.496 e. The molecule has 2 rings (SSSR count). The summed E-state index contributed by atoms with van der Waals surface area (Å²) in [5, 5.41) is 4.26. The van der Waals surface area contributed by atoms with Crippen molar-refractivity contribution in [1.82, 2.24) is 9.78 Å². The number of hydrogen-bond donors (Lipinski definition) is 1. The smallest absolute Gasteiger partial charge is 0.124 e. The molecule has 18 heavy (non-hydrogen) atoms. The molecule has 0 aliphatic carbocycles. The van der Waals surface area contributed by atoms with Crippen LogP contribution >= 0.6 is 0 Å². The van der Waals surface area contributed by atoms with Gasteiger partial charge in [0, 0.05) is 18.3 Å². The third kappa shape index (κ3) is 2.24.